The first-order valence-corrected chi connectivity index (χ1v) is 9.98. The molecule has 2 aromatic heterocycles. The molecule has 30 heavy (non-hydrogen) atoms. The number of aliphatic hydroxyl groups excluding tert-OH is 1. The number of carboxylic acid groups (broad SMARTS) is 1. The smallest absolute Gasteiger partial charge is 0.337 e. The summed E-state index contributed by atoms with van der Waals surface area (Å²) in [5.41, 5.74) is 1.75. The van der Waals surface area contributed by atoms with Crippen molar-refractivity contribution < 1.29 is 15.0 Å². The SMILES string of the molecule is CC(C)N(c1nc(Nc2ccc(C(=O)O)c(Cl)c2)c2ncn(C(C)C)c2n1)C(C)O. The summed E-state index contributed by atoms with van der Waals surface area (Å²) in [6, 6.07) is 4.63. The Morgan fingerprint density at radius 3 is 2.43 bits per heavy atom. The Kier molecular flexibility index (Phi) is 6.14. The molecule has 160 valence electrons. The van der Waals surface area contributed by atoms with E-state index in [0.29, 0.717) is 28.6 Å². The molecule has 0 aliphatic heterocycles. The molecule has 0 saturated carbocycles. The maximum Gasteiger partial charge on any atom is 0.337 e. The molecular formula is C20H25ClN6O3. The van der Waals surface area contributed by atoms with Gasteiger partial charge < -0.3 is 25.0 Å². The van der Waals surface area contributed by atoms with Crippen LogP contribution in [0.25, 0.3) is 11.2 Å². The number of aromatic nitrogens is 4. The van der Waals surface area contributed by atoms with E-state index in [2.05, 4.69) is 20.3 Å². The molecular weight excluding hydrogens is 408 g/mol. The van der Waals surface area contributed by atoms with Crippen molar-refractivity contribution in [2.75, 3.05) is 10.2 Å². The number of hydrogen-bond donors (Lipinski definition) is 3. The van der Waals surface area contributed by atoms with Crippen LogP contribution in [0.1, 0.15) is 51.0 Å². The van der Waals surface area contributed by atoms with E-state index < -0.39 is 12.2 Å². The van der Waals surface area contributed by atoms with E-state index in [1.165, 1.54) is 12.1 Å². The summed E-state index contributed by atoms with van der Waals surface area (Å²) >= 11 is 6.10. The molecule has 1 unspecified atom stereocenters. The predicted octanol–water partition coefficient (Wildman–Crippen LogP) is 4.06. The van der Waals surface area contributed by atoms with Crippen LogP contribution in [0.5, 0.6) is 0 Å². The minimum atomic E-state index is -1.10. The van der Waals surface area contributed by atoms with Crippen LogP contribution >= 0.6 is 11.6 Å². The maximum absolute atomic E-state index is 11.2. The quantitative estimate of drug-likeness (QED) is 0.478. The van der Waals surface area contributed by atoms with Crippen molar-refractivity contribution in [3.05, 3.63) is 35.1 Å². The van der Waals surface area contributed by atoms with Crippen LogP contribution in [-0.2, 0) is 0 Å². The number of fused-ring (bicyclic) bond motifs is 1. The molecule has 3 aromatic rings. The molecule has 0 bridgehead atoms. The number of carbonyl (C=O) groups is 1. The Labute approximate surface area is 179 Å². The summed E-state index contributed by atoms with van der Waals surface area (Å²) in [6.07, 6.45) is 0.900. The monoisotopic (exact) mass is 432 g/mol. The lowest BCUT2D eigenvalue weighted by Crippen LogP contribution is -2.40. The highest BCUT2D eigenvalue weighted by Gasteiger charge is 2.23. The van der Waals surface area contributed by atoms with Gasteiger partial charge in [-0.15, -0.1) is 0 Å². The van der Waals surface area contributed by atoms with E-state index in [4.69, 9.17) is 11.6 Å². The van der Waals surface area contributed by atoms with Crippen LogP contribution in [0.4, 0.5) is 17.5 Å². The molecule has 0 aliphatic rings. The number of halogens is 1. The van der Waals surface area contributed by atoms with Crippen molar-refractivity contribution >= 4 is 46.2 Å². The molecule has 0 amide bonds. The largest absolute Gasteiger partial charge is 0.478 e. The molecule has 0 fully saturated rings. The first kappa shape index (κ1) is 21.8. The Morgan fingerprint density at radius 2 is 1.90 bits per heavy atom. The summed E-state index contributed by atoms with van der Waals surface area (Å²) in [5.74, 6) is -0.316. The van der Waals surface area contributed by atoms with E-state index in [1.807, 2.05) is 32.3 Å². The van der Waals surface area contributed by atoms with Crippen molar-refractivity contribution in [3.8, 4) is 0 Å². The normalized spacial score (nSPS) is 12.6. The van der Waals surface area contributed by atoms with Crippen LogP contribution in [-0.4, -0.2) is 48.0 Å². The van der Waals surface area contributed by atoms with E-state index in [1.54, 1.807) is 24.2 Å². The zero-order valence-corrected chi connectivity index (χ0v) is 18.2. The Balaban J connectivity index is 2.15. The Morgan fingerprint density at radius 1 is 1.20 bits per heavy atom. The number of aromatic carboxylic acids is 1. The molecule has 0 spiro atoms. The average Bonchev–Trinajstić information content (AvgIpc) is 3.05. The maximum atomic E-state index is 11.2. The fourth-order valence-corrected chi connectivity index (χ4v) is 3.48. The van der Waals surface area contributed by atoms with Gasteiger partial charge in [0.25, 0.3) is 0 Å². The van der Waals surface area contributed by atoms with E-state index in [-0.39, 0.29) is 22.7 Å². The number of aliphatic hydroxyl groups is 1. The molecule has 0 radical (unpaired) electrons. The number of nitrogens with one attached hydrogen (secondary N) is 1. The van der Waals surface area contributed by atoms with Gasteiger partial charge in [-0.3, -0.25) is 0 Å². The zero-order chi connectivity index (χ0) is 22.2. The van der Waals surface area contributed by atoms with Crippen molar-refractivity contribution in [1.82, 2.24) is 19.5 Å². The number of nitrogens with zero attached hydrogens (tertiary/aromatic N) is 5. The van der Waals surface area contributed by atoms with Gasteiger partial charge in [0.2, 0.25) is 5.95 Å². The fraction of sp³-hybridized carbons (Fsp3) is 0.400. The summed E-state index contributed by atoms with van der Waals surface area (Å²) in [7, 11) is 0. The van der Waals surface area contributed by atoms with Gasteiger partial charge in [-0.2, -0.15) is 9.97 Å². The summed E-state index contributed by atoms with van der Waals surface area (Å²) in [5, 5.41) is 22.7. The third kappa shape index (κ3) is 4.17. The van der Waals surface area contributed by atoms with Crippen LogP contribution in [0, 0.1) is 0 Å². The second-order valence-corrected chi connectivity index (χ2v) is 7.95. The molecule has 2 heterocycles. The van der Waals surface area contributed by atoms with E-state index in [0.717, 1.165) is 0 Å². The topological polar surface area (TPSA) is 116 Å². The molecule has 1 atom stereocenters. The average molecular weight is 433 g/mol. The zero-order valence-electron chi connectivity index (χ0n) is 17.5. The second-order valence-electron chi connectivity index (χ2n) is 7.55. The van der Waals surface area contributed by atoms with Crippen molar-refractivity contribution in [2.24, 2.45) is 0 Å². The summed E-state index contributed by atoms with van der Waals surface area (Å²) in [6.45, 7) is 9.59. The highest BCUT2D eigenvalue weighted by molar-refractivity contribution is 6.33. The van der Waals surface area contributed by atoms with Gasteiger partial charge in [0, 0.05) is 17.8 Å². The Hall–Kier alpha value is -2.91. The van der Waals surface area contributed by atoms with Gasteiger partial charge in [0.1, 0.15) is 6.23 Å². The highest BCUT2D eigenvalue weighted by Crippen LogP contribution is 2.30. The molecule has 10 heteroatoms. The first-order chi connectivity index (χ1) is 14.1. The Bertz CT molecular complexity index is 1070. The lowest BCUT2D eigenvalue weighted by molar-refractivity contribution is 0.0697. The third-order valence-corrected chi connectivity index (χ3v) is 4.93. The van der Waals surface area contributed by atoms with Gasteiger partial charge in [0.15, 0.2) is 17.0 Å². The number of anilines is 3. The number of benzene rings is 1. The lowest BCUT2D eigenvalue weighted by Gasteiger charge is -2.29. The van der Waals surface area contributed by atoms with Gasteiger partial charge >= 0.3 is 5.97 Å². The van der Waals surface area contributed by atoms with Gasteiger partial charge in [-0.05, 0) is 52.8 Å². The van der Waals surface area contributed by atoms with Crippen molar-refractivity contribution in [2.45, 2.75) is 52.9 Å². The van der Waals surface area contributed by atoms with Crippen molar-refractivity contribution in [1.29, 1.82) is 0 Å². The standard InChI is InChI=1S/C20H25ClN6O3/c1-10(2)26-9-22-16-17(23-13-6-7-14(19(29)30)15(21)8-13)24-20(25-18(16)26)27(11(3)4)12(5)28/h6-12,28H,1-5H3,(H,29,30)(H,23,24,25). The molecule has 0 aliphatic carbocycles. The third-order valence-electron chi connectivity index (χ3n) is 4.62. The molecule has 1 aromatic carbocycles. The van der Waals surface area contributed by atoms with Gasteiger partial charge in [0.05, 0.1) is 16.9 Å². The van der Waals surface area contributed by atoms with Crippen LogP contribution in [0.2, 0.25) is 5.02 Å². The van der Waals surface area contributed by atoms with E-state index in [9.17, 15) is 15.0 Å². The summed E-state index contributed by atoms with van der Waals surface area (Å²) in [4.78, 5) is 26.6. The fourth-order valence-electron chi connectivity index (χ4n) is 3.22. The van der Waals surface area contributed by atoms with Gasteiger partial charge in [-0.1, -0.05) is 11.6 Å². The van der Waals surface area contributed by atoms with Gasteiger partial charge in [-0.25, -0.2) is 9.78 Å². The first-order valence-electron chi connectivity index (χ1n) is 9.61. The summed E-state index contributed by atoms with van der Waals surface area (Å²) < 4.78 is 1.92. The van der Waals surface area contributed by atoms with Crippen molar-refractivity contribution in [3.63, 3.8) is 0 Å². The molecule has 3 rings (SSSR count). The number of rotatable bonds is 7. The minimum Gasteiger partial charge on any atom is -0.478 e. The number of imidazole rings is 1. The van der Waals surface area contributed by atoms with Crippen LogP contribution < -0.4 is 10.2 Å². The molecule has 9 nitrogen and oxygen atoms in total. The van der Waals surface area contributed by atoms with Crippen LogP contribution in [0.15, 0.2) is 24.5 Å². The number of hydrogen-bond acceptors (Lipinski definition) is 7. The lowest BCUT2D eigenvalue weighted by atomic mass is 10.2. The second kappa shape index (κ2) is 8.45. The molecule has 0 saturated heterocycles. The highest BCUT2D eigenvalue weighted by atomic mass is 35.5. The molecule has 3 N–H and O–H groups in total. The van der Waals surface area contributed by atoms with Crippen LogP contribution in [0.3, 0.4) is 0 Å². The predicted molar refractivity (Wildman–Crippen MR) is 117 cm³/mol. The number of carboxylic acids is 1. The minimum absolute atomic E-state index is 0.0138. The van der Waals surface area contributed by atoms with E-state index >= 15 is 0 Å².